The van der Waals surface area contributed by atoms with Gasteiger partial charge in [-0.2, -0.15) is 0 Å². The van der Waals surface area contributed by atoms with Gasteiger partial charge in [-0.15, -0.1) is 0 Å². The van der Waals surface area contributed by atoms with E-state index in [0.717, 1.165) is 18.7 Å². The topological polar surface area (TPSA) is 24.5 Å². The number of nitrogens with one attached hydrogen (secondary N) is 1. The van der Waals surface area contributed by atoms with Crippen molar-refractivity contribution in [2.24, 2.45) is 0 Å². The van der Waals surface area contributed by atoms with E-state index in [0.29, 0.717) is 12.1 Å². The fraction of sp³-hybridized carbons (Fsp3) is 0.625. The first-order valence-electron chi connectivity index (χ1n) is 7.26. The summed E-state index contributed by atoms with van der Waals surface area (Å²) in [5, 5.41) is 3.56. The number of rotatable bonds is 6. The number of likely N-dealkylation sites (N-methyl/N-ethyl adjacent to an activating group) is 1. The van der Waals surface area contributed by atoms with E-state index in [2.05, 4.69) is 36.3 Å². The second-order valence-corrected chi connectivity index (χ2v) is 5.60. The van der Waals surface area contributed by atoms with Crippen LogP contribution in [-0.4, -0.2) is 44.2 Å². The Kier molecular flexibility index (Phi) is 5.23. The Morgan fingerprint density at radius 1 is 1.42 bits per heavy atom. The van der Waals surface area contributed by atoms with Crippen molar-refractivity contribution in [1.29, 1.82) is 0 Å². The highest BCUT2D eigenvalue weighted by atomic mass is 16.5. The minimum atomic E-state index is 0.527. The van der Waals surface area contributed by atoms with Gasteiger partial charge in [-0.25, -0.2) is 0 Å². The molecule has 2 unspecified atom stereocenters. The number of hydrogen-bond donors (Lipinski definition) is 1. The van der Waals surface area contributed by atoms with E-state index in [4.69, 9.17) is 4.74 Å². The predicted molar refractivity (Wildman–Crippen MR) is 79.8 cm³/mol. The van der Waals surface area contributed by atoms with E-state index in [9.17, 15) is 0 Å². The molecule has 1 aromatic rings. The van der Waals surface area contributed by atoms with Gasteiger partial charge in [0.25, 0.3) is 0 Å². The molecule has 1 N–H and O–H groups in total. The van der Waals surface area contributed by atoms with Crippen molar-refractivity contribution in [3.8, 4) is 5.75 Å². The minimum Gasteiger partial charge on any atom is -0.496 e. The third-order valence-electron chi connectivity index (χ3n) is 4.13. The standard InChI is InChI=1S/C16H26N2O/c1-13(18(2)12-15-8-6-10-17-15)11-14-7-4-5-9-16(14)19-3/h4-5,7,9,13,15,17H,6,8,10-12H2,1-3H3. The van der Waals surface area contributed by atoms with Crippen molar-refractivity contribution < 1.29 is 4.74 Å². The second-order valence-electron chi connectivity index (χ2n) is 5.60. The van der Waals surface area contributed by atoms with Crippen LogP contribution in [0.25, 0.3) is 0 Å². The molecule has 1 saturated heterocycles. The summed E-state index contributed by atoms with van der Waals surface area (Å²) in [7, 11) is 3.97. The summed E-state index contributed by atoms with van der Waals surface area (Å²) in [6.45, 7) is 4.61. The van der Waals surface area contributed by atoms with Crippen molar-refractivity contribution in [3.05, 3.63) is 29.8 Å². The molecular formula is C16H26N2O. The number of para-hydroxylation sites is 1. The molecule has 0 aliphatic carbocycles. The molecule has 19 heavy (non-hydrogen) atoms. The summed E-state index contributed by atoms with van der Waals surface area (Å²) in [5.74, 6) is 1.00. The van der Waals surface area contributed by atoms with Gasteiger partial charge in [0.15, 0.2) is 0 Å². The highest BCUT2D eigenvalue weighted by Gasteiger charge is 2.19. The van der Waals surface area contributed by atoms with Crippen molar-refractivity contribution >= 4 is 0 Å². The van der Waals surface area contributed by atoms with Gasteiger partial charge >= 0.3 is 0 Å². The largest absolute Gasteiger partial charge is 0.496 e. The van der Waals surface area contributed by atoms with E-state index in [-0.39, 0.29) is 0 Å². The quantitative estimate of drug-likeness (QED) is 0.851. The average molecular weight is 262 g/mol. The van der Waals surface area contributed by atoms with Crippen LogP contribution in [0.2, 0.25) is 0 Å². The van der Waals surface area contributed by atoms with Crippen LogP contribution in [-0.2, 0) is 6.42 Å². The normalized spacial score (nSPS) is 20.7. The number of methoxy groups -OCH3 is 1. The maximum absolute atomic E-state index is 5.43. The fourth-order valence-electron chi connectivity index (χ4n) is 2.79. The zero-order valence-corrected chi connectivity index (χ0v) is 12.4. The zero-order valence-electron chi connectivity index (χ0n) is 12.4. The van der Waals surface area contributed by atoms with Crippen molar-refractivity contribution in [1.82, 2.24) is 10.2 Å². The summed E-state index contributed by atoms with van der Waals surface area (Å²) < 4.78 is 5.43. The van der Waals surface area contributed by atoms with E-state index < -0.39 is 0 Å². The lowest BCUT2D eigenvalue weighted by Crippen LogP contribution is -2.40. The Morgan fingerprint density at radius 2 is 2.21 bits per heavy atom. The van der Waals surface area contributed by atoms with E-state index >= 15 is 0 Å². The highest BCUT2D eigenvalue weighted by Crippen LogP contribution is 2.20. The number of hydrogen-bond acceptors (Lipinski definition) is 3. The van der Waals surface area contributed by atoms with Crippen LogP contribution in [0, 0.1) is 0 Å². The molecule has 1 heterocycles. The van der Waals surface area contributed by atoms with Crippen LogP contribution >= 0.6 is 0 Å². The lowest BCUT2D eigenvalue weighted by Gasteiger charge is -2.28. The van der Waals surface area contributed by atoms with Crippen LogP contribution in [0.4, 0.5) is 0 Å². The van der Waals surface area contributed by atoms with Gasteiger partial charge in [-0.1, -0.05) is 18.2 Å². The Hall–Kier alpha value is -1.06. The Labute approximate surface area is 116 Å². The Bertz CT molecular complexity index is 388. The van der Waals surface area contributed by atoms with Gasteiger partial charge in [0.05, 0.1) is 7.11 Å². The van der Waals surface area contributed by atoms with Crippen molar-refractivity contribution in [2.45, 2.75) is 38.3 Å². The first-order chi connectivity index (χ1) is 9.20. The summed E-state index contributed by atoms with van der Waals surface area (Å²) in [6, 6.07) is 9.52. The zero-order chi connectivity index (χ0) is 13.7. The molecule has 2 rings (SSSR count). The van der Waals surface area contributed by atoms with Gasteiger partial charge in [-0.3, -0.25) is 0 Å². The molecule has 106 valence electrons. The van der Waals surface area contributed by atoms with E-state index in [1.54, 1.807) is 7.11 Å². The molecule has 3 heteroatoms. The summed E-state index contributed by atoms with van der Waals surface area (Å²) >= 11 is 0. The van der Waals surface area contributed by atoms with Gasteiger partial charge < -0.3 is 15.0 Å². The van der Waals surface area contributed by atoms with Crippen LogP contribution in [0.3, 0.4) is 0 Å². The van der Waals surface area contributed by atoms with Crippen LogP contribution in [0.1, 0.15) is 25.3 Å². The molecule has 1 aliphatic heterocycles. The molecule has 3 nitrogen and oxygen atoms in total. The molecule has 1 aromatic carbocycles. The number of nitrogens with zero attached hydrogens (tertiary/aromatic N) is 1. The summed E-state index contributed by atoms with van der Waals surface area (Å²) in [4.78, 5) is 2.45. The molecule has 0 radical (unpaired) electrons. The molecule has 0 saturated carbocycles. The highest BCUT2D eigenvalue weighted by molar-refractivity contribution is 5.33. The van der Waals surface area contributed by atoms with E-state index in [1.165, 1.54) is 24.9 Å². The predicted octanol–water partition coefficient (Wildman–Crippen LogP) is 2.31. The minimum absolute atomic E-state index is 0.527. The van der Waals surface area contributed by atoms with Gasteiger partial charge in [0, 0.05) is 18.6 Å². The SMILES string of the molecule is COc1ccccc1CC(C)N(C)CC1CCCN1. The second kappa shape index (κ2) is 6.92. The van der Waals surface area contributed by atoms with Crippen LogP contribution in [0.5, 0.6) is 5.75 Å². The van der Waals surface area contributed by atoms with Crippen LogP contribution < -0.4 is 10.1 Å². The lowest BCUT2D eigenvalue weighted by molar-refractivity contribution is 0.233. The number of benzene rings is 1. The molecule has 1 aliphatic rings. The molecule has 0 aromatic heterocycles. The monoisotopic (exact) mass is 262 g/mol. The molecule has 0 spiro atoms. The smallest absolute Gasteiger partial charge is 0.122 e. The fourth-order valence-corrected chi connectivity index (χ4v) is 2.79. The summed E-state index contributed by atoms with van der Waals surface area (Å²) in [5.41, 5.74) is 1.30. The maximum Gasteiger partial charge on any atom is 0.122 e. The Morgan fingerprint density at radius 3 is 2.89 bits per heavy atom. The molecular weight excluding hydrogens is 236 g/mol. The van der Waals surface area contributed by atoms with Crippen LogP contribution in [0.15, 0.2) is 24.3 Å². The van der Waals surface area contributed by atoms with E-state index in [1.807, 2.05) is 12.1 Å². The van der Waals surface area contributed by atoms with Crippen molar-refractivity contribution in [2.75, 3.05) is 27.2 Å². The average Bonchev–Trinajstić information content (AvgIpc) is 2.92. The van der Waals surface area contributed by atoms with Gasteiger partial charge in [0.2, 0.25) is 0 Å². The first kappa shape index (κ1) is 14.4. The summed E-state index contributed by atoms with van der Waals surface area (Å²) in [6.07, 6.45) is 3.67. The molecule has 1 fully saturated rings. The van der Waals surface area contributed by atoms with Gasteiger partial charge in [-0.05, 0) is 51.4 Å². The molecule has 0 bridgehead atoms. The maximum atomic E-state index is 5.43. The lowest BCUT2D eigenvalue weighted by atomic mass is 10.0. The third-order valence-corrected chi connectivity index (χ3v) is 4.13. The number of ether oxygens (including phenoxy) is 1. The third kappa shape index (κ3) is 3.95. The molecule has 2 atom stereocenters. The Balaban J connectivity index is 1.90. The van der Waals surface area contributed by atoms with Crippen molar-refractivity contribution in [3.63, 3.8) is 0 Å². The first-order valence-corrected chi connectivity index (χ1v) is 7.26. The molecule has 0 amide bonds. The van der Waals surface area contributed by atoms with Gasteiger partial charge in [0.1, 0.15) is 5.75 Å².